The first-order valence-corrected chi connectivity index (χ1v) is 7.31. The second kappa shape index (κ2) is 7.88. The average Bonchev–Trinajstić information content (AvgIpc) is 2.44. The maximum Gasteiger partial charge on any atom is 0.256 e. The van der Waals surface area contributed by atoms with Gasteiger partial charge in [-0.05, 0) is 69.2 Å². The Bertz CT molecular complexity index is 699. The largest absolute Gasteiger partial charge is 0.491 e. The summed E-state index contributed by atoms with van der Waals surface area (Å²) in [4.78, 5) is 12.4. The van der Waals surface area contributed by atoms with Gasteiger partial charge in [-0.1, -0.05) is 6.07 Å². The van der Waals surface area contributed by atoms with E-state index < -0.39 is 0 Å². The summed E-state index contributed by atoms with van der Waals surface area (Å²) in [5, 5.41) is 2.90. The van der Waals surface area contributed by atoms with Crippen LogP contribution in [0.25, 0.3) is 0 Å². The third kappa shape index (κ3) is 4.89. The zero-order valence-corrected chi connectivity index (χ0v) is 14.7. The first kappa shape index (κ1) is 18.8. The monoisotopic (exact) mass is 334 g/mol. The highest BCUT2D eigenvalue weighted by atomic mass is 35.5. The summed E-state index contributed by atoms with van der Waals surface area (Å²) in [6.45, 7) is 7.81. The van der Waals surface area contributed by atoms with Crippen molar-refractivity contribution in [3.8, 4) is 5.75 Å². The van der Waals surface area contributed by atoms with Gasteiger partial charge in [-0.15, -0.1) is 12.4 Å². The van der Waals surface area contributed by atoms with Crippen LogP contribution >= 0.6 is 12.4 Å². The molecule has 0 aliphatic rings. The number of ether oxygens (including phenoxy) is 1. The molecule has 3 N–H and O–H groups in total. The number of benzene rings is 2. The SMILES string of the molecule is Cc1cc(NC(=O)c2cc(N)ccc2C)ccc1OC(C)C.Cl. The fourth-order valence-electron chi connectivity index (χ4n) is 2.20. The predicted octanol–water partition coefficient (Wildman–Crippen LogP) is 4.35. The molecule has 0 saturated heterocycles. The number of hydrogen-bond donors (Lipinski definition) is 2. The Kier molecular flexibility index (Phi) is 6.46. The van der Waals surface area contributed by atoms with E-state index in [4.69, 9.17) is 10.5 Å². The molecule has 2 rings (SSSR count). The van der Waals surface area contributed by atoms with Crippen molar-refractivity contribution < 1.29 is 9.53 Å². The van der Waals surface area contributed by atoms with E-state index in [2.05, 4.69) is 5.32 Å². The quantitative estimate of drug-likeness (QED) is 0.817. The molecule has 0 unspecified atom stereocenters. The number of halogens is 1. The van der Waals surface area contributed by atoms with Crippen molar-refractivity contribution in [2.75, 3.05) is 11.1 Å². The van der Waals surface area contributed by atoms with E-state index in [1.54, 1.807) is 12.1 Å². The van der Waals surface area contributed by atoms with E-state index in [9.17, 15) is 4.79 Å². The molecule has 5 heteroatoms. The molecule has 0 aliphatic heterocycles. The number of carbonyl (C=O) groups is 1. The van der Waals surface area contributed by atoms with Crippen molar-refractivity contribution >= 4 is 29.7 Å². The molecule has 0 aromatic heterocycles. The molecule has 2 aromatic rings. The lowest BCUT2D eigenvalue weighted by Crippen LogP contribution is -2.14. The summed E-state index contributed by atoms with van der Waals surface area (Å²) in [5.74, 6) is 0.662. The number of aryl methyl sites for hydroxylation is 2. The first-order valence-electron chi connectivity index (χ1n) is 7.31. The minimum Gasteiger partial charge on any atom is -0.491 e. The Morgan fingerprint density at radius 2 is 1.78 bits per heavy atom. The Morgan fingerprint density at radius 1 is 1.09 bits per heavy atom. The number of rotatable bonds is 4. The summed E-state index contributed by atoms with van der Waals surface area (Å²) in [7, 11) is 0. The van der Waals surface area contributed by atoms with Crippen LogP contribution in [0.5, 0.6) is 5.75 Å². The molecule has 4 nitrogen and oxygen atoms in total. The van der Waals surface area contributed by atoms with Crippen LogP contribution in [0.3, 0.4) is 0 Å². The van der Waals surface area contributed by atoms with Crippen LogP contribution in [0.15, 0.2) is 36.4 Å². The van der Waals surface area contributed by atoms with Crippen molar-refractivity contribution in [3.63, 3.8) is 0 Å². The molecule has 0 aliphatic carbocycles. The topological polar surface area (TPSA) is 64.4 Å². The van der Waals surface area contributed by atoms with Crippen molar-refractivity contribution in [1.29, 1.82) is 0 Å². The molecule has 0 spiro atoms. The number of amides is 1. The van der Waals surface area contributed by atoms with Gasteiger partial charge >= 0.3 is 0 Å². The van der Waals surface area contributed by atoms with Gasteiger partial charge in [-0.3, -0.25) is 4.79 Å². The van der Waals surface area contributed by atoms with Gasteiger partial charge in [0, 0.05) is 16.9 Å². The van der Waals surface area contributed by atoms with Gasteiger partial charge in [0.15, 0.2) is 0 Å². The maximum atomic E-state index is 12.4. The summed E-state index contributed by atoms with van der Waals surface area (Å²) in [6.07, 6.45) is 0.120. The summed E-state index contributed by atoms with van der Waals surface area (Å²) >= 11 is 0. The highest BCUT2D eigenvalue weighted by Crippen LogP contribution is 2.24. The van der Waals surface area contributed by atoms with Crippen LogP contribution in [0.1, 0.15) is 35.3 Å². The first-order chi connectivity index (χ1) is 10.4. The molecule has 0 radical (unpaired) electrons. The number of carbonyl (C=O) groups excluding carboxylic acids is 1. The predicted molar refractivity (Wildman–Crippen MR) is 97.7 cm³/mol. The number of nitrogens with one attached hydrogen (secondary N) is 1. The zero-order valence-electron chi connectivity index (χ0n) is 13.8. The highest BCUT2D eigenvalue weighted by Gasteiger charge is 2.11. The third-order valence-electron chi connectivity index (χ3n) is 3.30. The molecule has 124 valence electrons. The lowest BCUT2D eigenvalue weighted by atomic mass is 10.1. The minimum atomic E-state index is -0.165. The van der Waals surface area contributed by atoms with Crippen molar-refractivity contribution in [2.45, 2.75) is 33.8 Å². The fourth-order valence-corrected chi connectivity index (χ4v) is 2.20. The molecule has 0 saturated carbocycles. The number of nitrogen functional groups attached to an aromatic ring is 1. The van der Waals surface area contributed by atoms with Crippen LogP contribution in [0.4, 0.5) is 11.4 Å². The summed E-state index contributed by atoms with van der Waals surface area (Å²) in [5.41, 5.74) is 9.52. The van der Waals surface area contributed by atoms with Crippen molar-refractivity contribution in [3.05, 3.63) is 53.1 Å². The van der Waals surface area contributed by atoms with Crippen LogP contribution < -0.4 is 15.8 Å². The van der Waals surface area contributed by atoms with Gasteiger partial charge in [0.2, 0.25) is 0 Å². The standard InChI is InChI=1S/C18H22N2O2.ClH/c1-11(2)22-17-8-7-15(9-13(17)4)20-18(21)16-10-14(19)6-5-12(16)3;/h5-11H,19H2,1-4H3,(H,20,21);1H. The van der Waals surface area contributed by atoms with Crippen LogP contribution in [0.2, 0.25) is 0 Å². The van der Waals surface area contributed by atoms with E-state index in [1.807, 2.05) is 52.0 Å². The van der Waals surface area contributed by atoms with Gasteiger partial charge in [0.25, 0.3) is 5.91 Å². The molecule has 0 atom stereocenters. The summed E-state index contributed by atoms with van der Waals surface area (Å²) < 4.78 is 5.70. The van der Waals surface area contributed by atoms with Gasteiger partial charge in [0.05, 0.1) is 6.10 Å². The smallest absolute Gasteiger partial charge is 0.256 e. The zero-order chi connectivity index (χ0) is 16.3. The normalized spacial score (nSPS) is 10.1. The van der Waals surface area contributed by atoms with E-state index >= 15 is 0 Å². The number of hydrogen-bond acceptors (Lipinski definition) is 3. The van der Waals surface area contributed by atoms with E-state index in [0.29, 0.717) is 11.3 Å². The summed E-state index contributed by atoms with van der Waals surface area (Å²) in [6, 6.07) is 10.9. The number of nitrogens with two attached hydrogens (primary N) is 1. The Balaban J connectivity index is 0.00000264. The second-order valence-corrected chi connectivity index (χ2v) is 5.68. The van der Waals surface area contributed by atoms with Gasteiger partial charge in [-0.25, -0.2) is 0 Å². The molecule has 0 bridgehead atoms. The average molecular weight is 335 g/mol. The minimum absolute atomic E-state index is 0. The Labute approximate surface area is 143 Å². The van der Waals surface area contributed by atoms with E-state index in [1.165, 1.54) is 0 Å². The van der Waals surface area contributed by atoms with E-state index in [-0.39, 0.29) is 24.4 Å². The Hall–Kier alpha value is -2.20. The lowest BCUT2D eigenvalue weighted by molar-refractivity contribution is 0.102. The molecule has 0 heterocycles. The second-order valence-electron chi connectivity index (χ2n) is 5.68. The molecule has 1 amide bonds. The van der Waals surface area contributed by atoms with Gasteiger partial charge in [-0.2, -0.15) is 0 Å². The highest BCUT2D eigenvalue weighted by molar-refractivity contribution is 6.05. The lowest BCUT2D eigenvalue weighted by Gasteiger charge is -2.14. The maximum absolute atomic E-state index is 12.4. The molecule has 2 aromatic carbocycles. The molecular weight excluding hydrogens is 312 g/mol. The van der Waals surface area contributed by atoms with Crippen LogP contribution in [-0.2, 0) is 0 Å². The van der Waals surface area contributed by atoms with Gasteiger partial charge in [0.1, 0.15) is 5.75 Å². The van der Waals surface area contributed by atoms with Gasteiger partial charge < -0.3 is 15.8 Å². The van der Waals surface area contributed by atoms with Crippen molar-refractivity contribution in [1.82, 2.24) is 0 Å². The van der Waals surface area contributed by atoms with E-state index in [0.717, 1.165) is 22.6 Å². The molecule has 23 heavy (non-hydrogen) atoms. The van der Waals surface area contributed by atoms with Crippen LogP contribution in [0, 0.1) is 13.8 Å². The fraction of sp³-hybridized carbons (Fsp3) is 0.278. The molecular formula is C18H23ClN2O2. The molecule has 0 fully saturated rings. The van der Waals surface area contributed by atoms with Crippen molar-refractivity contribution in [2.24, 2.45) is 0 Å². The Morgan fingerprint density at radius 3 is 2.39 bits per heavy atom. The van der Waals surface area contributed by atoms with Crippen LogP contribution in [-0.4, -0.2) is 12.0 Å². The third-order valence-corrected chi connectivity index (χ3v) is 3.30. The number of anilines is 2.